The number of hydrogen-bond acceptors (Lipinski definition) is 7. The molecular weight excluding hydrogens is 412 g/mol. The maximum Gasteiger partial charge on any atom is 0.295 e. The van der Waals surface area contributed by atoms with Crippen LogP contribution in [-0.2, 0) is 9.59 Å². The highest BCUT2D eigenvalue weighted by Gasteiger charge is 2.47. The summed E-state index contributed by atoms with van der Waals surface area (Å²) in [6.45, 7) is 0.841. The van der Waals surface area contributed by atoms with Crippen LogP contribution in [0.1, 0.15) is 17.2 Å². The molecule has 1 saturated heterocycles. The summed E-state index contributed by atoms with van der Waals surface area (Å²) in [6.07, 6.45) is 0. The number of amides is 1. The van der Waals surface area contributed by atoms with Crippen molar-refractivity contribution in [3.8, 4) is 17.2 Å². The van der Waals surface area contributed by atoms with Crippen molar-refractivity contribution in [2.45, 2.75) is 6.04 Å². The smallest absolute Gasteiger partial charge is 0.295 e. The largest absolute Gasteiger partial charge is 0.507 e. The minimum absolute atomic E-state index is 0.0233. The fraction of sp³-hybridized carbons (Fsp3) is 0.333. The summed E-state index contributed by atoms with van der Waals surface area (Å²) < 4.78 is 16.2. The van der Waals surface area contributed by atoms with Gasteiger partial charge in [-0.3, -0.25) is 9.59 Å². The second-order valence-electron chi connectivity index (χ2n) is 7.60. The maximum absolute atomic E-state index is 13.2. The summed E-state index contributed by atoms with van der Waals surface area (Å²) >= 11 is 0. The lowest BCUT2D eigenvalue weighted by atomic mass is 9.94. The first-order chi connectivity index (χ1) is 15.3. The van der Waals surface area contributed by atoms with Gasteiger partial charge in [-0.15, -0.1) is 0 Å². The van der Waals surface area contributed by atoms with Crippen LogP contribution >= 0.6 is 0 Å². The number of aliphatic hydroxyl groups is 1. The van der Waals surface area contributed by atoms with E-state index in [9.17, 15) is 14.7 Å². The number of methoxy groups -OCH3 is 3. The second-order valence-corrected chi connectivity index (χ2v) is 7.60. The van der Waals surface area contributed by atoms with E-state index in [2.05, 4.69) is 0 Å². The summed E-state index contributed by atoms with van der Waals surface area (Å²) in [5.41, 5.74) is 0.846. The lowest BCUT2D eigenvalue weighted by Crippen LogP contribution is -2.35. The van der Waals surface area contributed by atoms with Crippen LogP contribution in [0.2, 0.25) is 0 Å². The Labute approximate surface area is 187 Å². The van der Waals surface area contributed by atoms with E-state index in [4.69, 9.17) is 14.2 Å². The molecule has 8 nitrogen and oxygen atoms in total. The zero-order valence-corrected chi connectivity index (χ0v) is 18.9. The lowest BCUT2D eigenvalue weighted by molar-refractivity contribution is -0.140. The molecule has 170 valence electrons. The number of Topliss-reactive ketones (excluding diaryl/α,β-unsaturated/α-hetero) is 1. The van der Waals surface area contributed by atoms with E-state index in [1.54, 1.807) is 42.5 Å². The molecule has 1 N–H and O–H groups in total. The van der Waals surface area contributed by atoms with Gasteiger partial charge in [-0.25, -0.2) is 0 Å². The Hall–Kier alpha value is -3.52. The van der Waals surface area contributed by atoms with Gasteiger partial charge in [0, 0.05) is 18.7 Å². The van der Waals surface area contributed by atoms with Gasteiger partial charge in [0.25, 0.3) is 11.7 Å². The molecule has 2 aromatic carbocycles. The molecule has 0 radical (unpaired) electrons. The van der Waals surface area contributed by atoms with Gasteiger partial charge in [0.2, 0.25) is 0 Å². The van der Waals surface area contributed by atoms with E-state index in [1.165, 1.54) is 26.2 Å². The van der Waals surface area contributed by atoms with Gasteiger partial charge in [0.15, 0.2) is 0 Å². The Morgan fingerprint density at radius 1 is 1.00 bits per heavy atom. The van der Waals surface area contributed by atoms with Crippen LogP contribution in [-0.4, -0.2) is 75.1 Å². The summed E-state index contributed by atoms with van der Waals surface area (Å²) in [5, 5.41) is 11.3. The van der Waals surface area contributed by atoms with Gasteiger partial charge in [0.05, 0.1) is 38.5 Å². The third-order valence-electron chi connectivity index (χ3n) is 5.42. The summed E-state index contributed by atoms with van der Waals surface area (Å²) in [7, 11) is 8.26. The number of nitrogens with zero attached hydrogens (tertiary/aromatic N) is 2. The van der Waals surface area contributed by atoms with E-state index >= 15 is 0 Å². The Morgan fingerprint density at radius 3 is 2.31 bits per heavy atom. The quantitative estimate of drug-likeness (QED) is 0.384. The van der Waals surface area contributed by atoms with Crippen LogP contribution in [0.3, 0.4) is 0 Å². The van der Waals surface area contributed by atoms with Crippen molar-refractivity contribution in [2.24, 2.45) is 0 Å². The molecule has 0 aromatic heterocycles. The number of ketones is 1. The molecule has 1 aliphatic heterocycles. The van der Waals surface area contributed by atoms with E-state index in [0.29, 0.717) is 35.9 Å². The highest BCUT2D eigenvalue weighted by atomic mass is 16.5. The number of carbonyl (C=O) groups excluding carboxylic acids is 2. The molecule has 1 atom stereocenters. The number of rotatable bonds is 8. The molecular formula is C24H28N2O6. The minimum atomic E-state index is -0.818. The Morgan fingerprint density at radius 2 is 1.69 bits per heavy atom. The highest BCUT2D eigenvalue weighted by Crippen LogP contribution is 2.44. The molecule has 32 heavy (non-hydrogen) atoms. The predicted octanol–water partition coefficient (Wildman–Crippen LogP) is 2.70. The SMILES string of the molecule is COc1ccc(OC)c(/C(O)=C2\C(=O)C(=O)N(CCN(C)C)C2c2ccccc2OC)c1. The number of ether oxygens (including phenoxy) is 3. The molecule has 0 spiro atoms. The Kier molecular flexibility index (Phi) is 7.05. The minimum Gasteiger partial charge on any atom is -0.507 e. The van der Waals surface area contributed by atoms with Gasteiger partial charge in [0.1, 0.15) is 23.0 Å². The van der Waals surface area contributed by atoms with E-state index in [-0.39, 0.29) is 16.9 Å². The monoisotopic (exact) mass is 440 g/mol. The molecule has 3 rings (SSSR count). The van der Waals surface area contributed by atoms with Crippen LogP contribution in [0.5, 0.6) is 17.2 Å². The van der Waals surface area contributed by atoms with E-state index in [0.717, 1.165) is 0 Å². The summed E-state index contributed by atoms with van der Waals surface area (Å²) in [5.74, 6) is -0.432. The van der Waals surface area contributed by atoms with E-state index in [1.807, 2.05) is 19.0 Å². The molecule has 8 heteroatoms. The van der Waals surface area contributed by atoms with Crippen molar-refractivity contribution in [1.29, 1.82) is 0 Å². The predicted molar refractivity (Wildman–Crippen MR) is 120 cm³/mol. The van der Waals surface area contributed by atoms with Crippen molar-refractivity contribution in [1.82, 2.24) is 9.80 Å². The Bertz CT molecular complexity index is 1050. The third kappa shape index (κ3) is 4.27. The van der Waals surface area contributed by atoms with Gasteiger partial charge in [-0.05, 0) is 38.4 Å². The van der Waals surface area contributed by atoms with Crippen LogP contribution in [0.15, 0.2) is 48.0 Å². The number of aliphatic hydroxyl groups excluding tert-OH is 1. The van der Waals surface area contributed by atoms with E-state index < -0.39 is 17.7 Å². The first kappa shape index (κ1) is 23.1. The van der Waals surface area contributed by atoms with Crippen LogP contribution in [0, 0.1) is 0 Å². The number of hydrogen-bond donors (Lipinski definition) is 1. The molecule has 0 aliphatic carbocycles. The average Bonchev–Trinajstić information content (AvgIpc) is 3.06. The fourth-order valence-electron chi connectivity index (χ4n) is 3.78. The van der Waals surface area contributed by atoms with Crippen LogP contribution in [0.4, 0.5) is 0 Å². The summed E-state index contributed by atoms with van der Waals surface area (Å²) in [6, 6.07) is 11.2. The Balaban J connectivity index is 2.26. The molecule has 0 saturated carbocycles. The molecule has 1 amide bonds. The fourth-order valence-corrected chi connectivity index (χ4v) is 3.78. The maximum atomic E-state index is 13.2. The number of para-hydroxylation sites is 1. The van der Waals surface area contributed by atoms with Crippen molar-refractivity contribution < 1.29 is 28.9 Å². The third-order valence-corrected chi connectivity index (χ3v) is 5.42. The highest BCUT2D eigenvalue weighted by molar-refractivity contribution is 6.46. The number of likely N-dealkylation sites (N-methyl/N-ethyl adjacent to an activating group) is 1. The number of carbonyl (C=O) groups is 2. The first-order valence-corrected chi connectivity index (χ1v) is 10.1. The van der Waals surface area contributed by atoms with Crippen molar-refractivity contribution in [2.75, 3.05) is 48.5 Å². The molecule has 1 fully saturated rings. The number of likely N-dealkylation sites (tertiary alicyclic amines) is 1. The van der Waals surface area contributed by atoms with Crippen LogP contribution in [0.25, 0.3) is 5.76 Å². The van der Waals surface area contributed by atoms with Gasteiger partial charge in [-0.1, -0.05) is 18.2 Å². The molecule has 2 aromatic rings. The zero-order valence-electron chi connectivity index (χ0n) is 18.9. The topological polar surface area (TPSA) is 88.5 Å². The molecule has 0 bridgehead atoms. The normalized spacial score (nSPS) is 17.7. The van der Waals surface area contributed by atoms with Gasteiger partial charge >= 0.3 is 0 Å². The molecule has 1 unspecified atom stereocenters. The number of benzene rings is 2. The standard InChI is InChI=1S/C24H28N2O6/c1-25(2)12-13-26-21(16-8-6-7-9-18(16)31-4)20(23(28)24(26)29)22(27)17-14-15(30-3)10-11-19(17)32-5/h6-11,14,21,27H,12-13H2,1-5H3/b22-20+. The molecule has 1 aliphatic rings. The summed E-state index contributed by atoms with van der Waals surface area (Å²) in [4.78, 5) is 29.6. The van der Waals surface area contributed by atoms with Crippen molar-refractivity contribution in [3.05, 3.63) is 59.2 Å². The van der Waals surface area contributed by atoms with Crippen LogP contribution < -0.4 is 14.2 Å². The second kappa shape index (κ2) is 9.74. The first-order valence-electron chi connectivity index (χ1n) is 10.1. The average molecular weight is 440 g/mol. The van der Waals surface area contributed by atoms with Crippen molar-refractivity contribution in [3.63, 3.8) is 0 Å². The van der Waals surface area contributed by atoms with Crippen molar-refractivity contribution >= 4 is 17.4 Å². The lowest BCUT2D eigenvalue weighted by Gasteiger charge is -2.27. The molecule has 1 heterocycles. The van der Waals surface area contributed by atoms with Gasteiger partial charge < -0.3 is 29.1 Å². The zero-order chi connectivity index (χ0) is 23.4. The van der Waals surface area contributed by atoms with Gasteiger partial charge in [-0.2, -0.15) is 0 Å².